The number of carbonyl (C=O) groups excluding carboxylic acids is 4. The Labute approximate surface area is 229 Å². The van der Waals surface area contributed by atoms with Crippen molar-refractivity contribution in [3.63, 3.8) is 0 Å². The predicted molar refractivity (Wildman–Crippen MR) is 148 cm³/mol. The first-order valence-corrected chi connectivity index (χ1v) is 13.2. The molecule has 4 amide bonds. The van der Waals surface area contributed by atoms with E-state index in [1.807, 2.05) is 49.3 Å². The van der Waals surface area contributed by atoms with E-state index in [0.29, 0.717) is 25.1 Å². The van der Waals surface area contributed by atoms with Gasteiger partial charge < -0.3 is 30.9 Å². The molecular formula is C29H39N5O5. The lowest BCUT2D eigenvalue weighted by molar-refractivity contribution is -0.134. The Hall–Kier alpha value is -3.92. The number of amides is 4. The average Bonchev–Trinajstić information content (AvgIpc) is 2.89. The van der Waals surface area contributed by atoms with E-state index in [9.17, 15) is 19.2 Å². The molecule has 3 rings (SSSR count). The quantitative estimate of drug-likeness (QED) is 0.394. The molecule has 0 radical (unpaired) electrons. The Morgan fingerprint density at radius 3 is 2.44 bits per heavy atom. The molecule has 1 heterocycles. The highest BCUT2D eigenvalue weighted by Crippen LogP contribution is 2.20. The van der Waals surface area contributed by atoms with E-state index < -0.39 is 35.3 Å². The molecule has 1 aliphatic rings. The fourth-order valence-corrected chi connectivity index (χ4v) is 4.20. The van der Waals surface area contributed by atoms with Crippen molar-refractivity contribution >= 4 is 23.6 Å². The highest BCUT2D eigenvalue weighted by molar-refractivity contribution is 6.01. The van der Waals surface area contributed by atoms with Crippen molar-refractivity contribution in [3.05, 3.63) is 65.7 Å². The van der Waals surface area contributed by atoms with Gasteiger partial charge in [-0.15, -0.1) is 0 Å². The second-order valence-corrected chi connectivity index (χ2v) is 10.5. The molecule has 4 N–H and O–H groups in total. The first-order chi connectivity index (χ1) is 18.5. The van der Waals surface area contributed by atoms with Crippen molar-refractivity contribution in [2.45, 2.75) is 50.7 Å². The van der Waals surface area contributed by atoms with E-state index in [1.54, 1.807) is 38.1 Å². The molecule has 2 aromatic rings. The maximum absolute atomic E-state index is 13.3. The van der Waals surface area contributed by atoms with Crippen LogP contribution >= 0.6 is 0 Å². The third kappa shape index (κ3) is 9.10. The lowest BCUT2D eigenvalue weighted by Crippen LogP contribution is -2.59. The van der Waals surface area contributed by atoms with Crippen LogP contribution in [0.1, 0.15) is 42.6 Å². The second-order valence-electron chi connectivity index (χ2n) is 10.5. The topological polar surface area (TPSA) is 129 Å². The van der Waals surface area contributed by atoms with Gasteiger partial charge in [0.2, 0.25) is 17.7 Å². The number of nitrogens with zero attached hydrogens (tertiary/aromatic N) is 1. The minimum Gasteiger partial charge on any atom is -0.491 e. The summed E-state index contributed by atoms with van der Waals surface area (Å²) >= 11 is 0. The van der Waals surface area contributed by atoms with Gasteiger partial charge in [0.05, 0.1) is 18.0 Å². The van der Waals surface area contributed by atoms with Crippen LogP contribution in [0, 0.1) is 0 Å². The van der Waals surface area contributed by atoms with Crippen molar-refractivity contribution in [2.75, 3.05) is 33.8 Å². The molecule has 0 aliphatic carbocycles. The van der Waals surface area contributed by atoms with Gasteiger partial charge in [-0.2, -0.15) is 0 Å². The van der Waals surface area contributed by atoms with E-state index in [0.717, 1.165) is 12.1 Å². The number of ether oxygens (including phenoxy) is 1. The van der Waals surface area contributed by atoms with Crippen LogP contribution in [0.5, 0.6) is 5.75 Å². The van der Waals surface area contributed by atoms with E-state index in [-0.39, 0.29) is 24.5 Å². The Balaban J connectivity index is 1.87. The summed E-state index contributed by atoms with van der Waals surface area (Å²) in [6.45, 7) is 4.44. The van der Waals surface area contributed by atoms with Crippen LogP contribution in [0.4, 0.5) is 0 Å². The molecule has 2 aromatic carbocycles. The monoisotopic (exact) mass is 537 g/mol. The van der Waals surface area contributed by atoms with E-state index in [1.165, 1.54) is 0 Å². The van der Waals surface area contributed by atoms with Gasteiger partial charge in [-0.05, 0) is 65.0 Å². The molecule has 0 unspecified atom stereocenters. The lowest BCUT2D eigenvalue weighted by atomic mass is 10.0. The van der Waals surface area contributed by atoms with Crippen molar-refractivity contribution in [1.82, 2.24) is 26.2 Å². The van der Waals surface area contributed by atoms with Gasteiger partial charge >= 0.3 is 0 Å². The van der Waals surface area contributed by atoms with Gasteiger partial charge in [0.15, 0.2) is 0 Å². The van der Waals surface area contributed by atoms with Gasteiger partial charge in [-0.1, -0.05) is 42.5 Å². The van der Waals surface area contributed by atoms with Gasteiger partial charge in [0, 0.05) is 6.54 Å². The molecule has 0 aromatic heterocycles. The lowest BCUT2D eigenvalue weighted by Gasteiger charge is -2.30. The highest BCUT2D eigenvalue weighted by atomic mass is 16.5. The van der Waals surface area contributed by atoms with Crippen LogP contribution in [0.2, 0.25) is 0 Å². The van der Waals surface area contributed by atoms with Gasteiger partial charge in [-0.25, -0.2) is 0 Å². The summed E-state index contributed by atoms with van der Waals surface area (Å²) in [4.78, 5) is 54.6. The van der Waals surface area contributed by atoms with Crippen LogP contribution in [-0.2, 0) is 20.8 Å². The van der Waals surface area contributed by atoms with Crippen molar-refractivity contribution in [1.29, 1.82) is 0 Å². The molecule has 1 aliphatic heterocycles. The third-order valence-corrected chi connectivity index (χ3v) is 6.34. The van der Waals surface area contributed by atoms with Crippen LogP contribution in [0.25, 0.3) is 0 Å². The molecule has 0 spiro atoms. The molecule has 210 valence electrons. The molecule has 10 nitrogen and oxygen atoms in total. The summed E-state index contributed by atoms with van der Waals surface area (Å²) in [7, 11) is 3.87. The first kappa shape index (κ1) is 29.6. The number of hydrogen-bond donors (Lipinski definition) is 4. The van der Waals surface area contributed by atoms with Gasteiger partial charge in [-0.3, -0.25) is 19.2 Å². The molecule has 2 atom stereocenters. The average molecular weight is 538 g/mol. The SMILES string of the molecule is CN(C)CCCNC(=O)[C@@H]1CC(=O)NC(C)(C)C(=O)N[C@H](Cc2ccccc2)COc2ccccc2C(=O)N1. The maximum atomic E-state index is 13.3. The van der Waals surface area contributed by atoms with Crippen molar-refractivity contribution in [2.24, 2.45) is 0 Å². The summed E-state index contributed by atoms with van der Waals surface area (Å²) in [5.41, 5.74) is -0.0459. The van der Waals surface area contributed by atoms with E-state index >= 15 is 0 Å². The predicted octanol–water partition coefficient (Wildman–Crippen LogP) is 1.26. The minimum absolute atomic E-state index is 0.0880. The van der Waals surface area contributed by atoms with E-state index in [2.05, 4.69) is 21.3 Å². The number of carbonyl (C=O) groups is 4. The Morgan fingerprint density at radius 1 is 1.03 bits per heavy atom. The Morgan fingerprint density at radius 2 is 1.72 bits per heavy atom. The summed E-state index contributed by atoms with van der Waals surface area (Å²) in [6.07, 6.45) is 0.860. The normalized spacial score (nSPS) is 20.0. The fraction of sp³-hybridized carbons (Fsp3) is 0.448. The van der Waals surface area contributed by atoms with Crippen molar-refractivity contribution < 1.29 is 23.9 Å². The molecule has 10 heteroatoms. The molecule has 0 saturated carbocycles. The maximum Gasteiger partial charge on any atom is 0.255 e. The number of hydrogen-bond acceptors (Lipinski definition) is 6. The van der Waals surface area contributed by atoms with Crippen LogP contribution in [-0.4, -0.2) is 79.9 Å². The van der Waals surface area contributed by atoms with E-state index in [4.69, 9.17) is 4.74 Å². The largest absolute Gasteiger partial charge is 0.491 e. The third-order valence-electron chi connectivity index (χ3n) is 6.34. The standard InChI is InChI=1S/C29H39N5O5/c1-29(2)28(38)31-21(17-20-11-6-5-7-12-20)19-39-24-14-9-8-13-22(24)26(36)32-23(18-25(35)33-29)27(37)30-15-10-16-34(3)4/h5-9,11-14,21,23H,10,15-19H2,1-4H3,(H,30,37)(H,31,38)(H,32,36)(H,33,35)/t21-,23+/m1/s1. The number of benzene rings is 2. The summed E-state index contributed by atoms with van der Waals surface area (Å²) < 4.78 is 6.05. The fourth-order valence-electron chi connectivity index (χ4n) is 4.20. The van der Waals surface area contributed by atoms with Crippen LogP contribution < -0.4 is 26.0 Å². The zero-order valence-electron chi connectivity index (χ0n) is 23.1. The summed E-state index contributed by atoms with van der Waals surface area (Å²) in [6, 6.07) is 14.8. The van der Waals surface area contributed by atoms with Gasteiger partial charge in [0.1, 0.15) is 23.9 Å². The number of rotatable bonds is 7. The molecule has 39 heavy (non-hydrogen) atoms. The number of para-hydroxylation sites is 1. The summed E-state index contributed by atoms with van der Waals surface area (Å²) in [5.74, 6) is -1.63. The highest BCUT2D eigenvalue weighted by Gasteiger charge is 2.34. The zero-order valence-corrected chi connectivity index (χ0v) is 23.1. The second kappa shape index (κ2) is 13.7. The number of nitrogens with one attached hydrogen (secondary N) is 4. The summed E-state index contributed by atoms with van der Waals surface area (Å²) in [5, 5.41) is 11.2. The molecular weight excluding hydrogens is 498 g/mol. The van der Waals surface area contributed by atoms with Crippen LogP contribution in [0.3, 0.4) is 0 Å². The Kier molecular flexibility index (Phi) is 10.4. The minimum atomic E-state index is -1.27. The van der Waals surface area contributed by atoms with Gasteiger partial charge in [0.25, 0.3) is 5.91 Å². The molecule has 0 saturated heterocycles. The molecule has 0 bridgehead atoms. The first-order valence-electron chi connectivity index (χ1n) is 13.2. The van der Waals surface area contributed by atoms with Crippen LogP contribution in [0.15, 0.2) is 54.6 Å². The number of fused-ring (bicyclic) bond motifs is 1. The molecule has 0 fully saturated rings. The van der Waals surface area contributed by atoms with Crippen molar-refractivity contribution in [3.8, 4) is 5.75 Å². The zero-order chi connectivity index (χ0) is 28.4. The smallest absolute Gasteiger partial charge is 0.255 e. The Bertz CT molecular complexity index is 1150.